The van der Waals surface area contributed by atoms with E-state index < -0.39 is 17.9 Å². The van der Waals surface area contributed by atoms with Crippen molar-refractivity contribution in [2.75, 3.05) is 13.2 Å². The van der Waals surface area contributed by atoms with E-state index in [0.29, 0.717) is 11.1 Å². The number of aliphatic hydroxyl groups is 1. The molecule has 0 aliphatic carbocycles. The third-order valence-electron chi connectivity index (χ3n) is 2.96. The Hall–Kier alpha value is -3.25. The fourth-order valence-corrected chi connectivity index (χ4v) is 1.45. The van der Waals surface area contributed by atoms with Crippen LogP contribution in [0.4, 0.5) is 0 Å². The van der Waals surface area contributed by atoms with Crippen molar-refractivity contribution in [1.29, 1.82) is 0 Å². The second-order valence-corrected chi connectivity index (χ2v) is 5.72. The molecule has 0 saturated heterocycles. The quantitative estimate of drug-likeness (QED) is 0.334. The Morgan fingerprint density at radius 2 is 1.54 bits per heavy atom. The first-order valence-corrected chi connectivity index (χ1v) is 8.44. The monoisotopic (exact) mass is 386 g/mol. The summed E-state index contributed by atoms with van der Waals surface area (Å²) in [6.07, 6.45) is 5.19. The number of aliphatic hydroxyl groups excluding tert-OH is 1. The first-order chi connectivity index (χ1) is 13.2. The van der Waals surface area contributed by atoms with Crippen molar-refractivity contribution in [3.05, 3.63) is 77.9 Å². The molecule has 0 fully saturated rings. The molecule has 1 rings (SSSR count). The smallest absolute Gasteiger partial charge is 0.341 e. The molecule has 28 heavy (non-hydrogen) atoms. The molecular weight excluding hydrogens is 360 g/mol. The molecule has 0 radical (unpaired) electrons. The van der Waals surface area contributed by atoms with E-state index in [-0.39, 0.29) is 18.8 Å². The highest BCUT2D eigenvalue weighted by Gasteiger charge is 2.11. The maximum atomic E-state index is 11.5. The molecule has 0 spiro atoms. The molecule has 6 nitrogen and oxygen atoms in total. The average molecular weight is 386 g/mol. The lowest BCUT2D eigenvalue weighted by atomic mass is 10.2. The number of ether oxygens (including phenoxy) is 2. The molecule has 1 N–H and O–H groups in total. The summed E-state index contributed by atoms with van der Waals surface area (Å²) in [6.45, 7) is 11.3. The van der Waals surface area contributed by atoms with Gasteiger partial charge in [-0.25, -0.2) is 14.4 Å². The third kappa shape index (κ3) is 11.4. The van der Waals surface area contributed by atoms with Crippen molar-refractivity contribution in [3.8, 4) is 0 Å². The van der Waals surface area contributed by atoms with Crippen LogP contribution in [0.2, 0.25) is 0 Å². The Morgan fingerprint density at radius 3 is 2.04 bits per heavy atom. The summed E-state index contributed by atoms with van der Waals surface area (Å²) < 4.78 is 9.06. The maximum absolute atomic E-state index is 11.5. The Morgan fingerprint density at radius 1 is 0.964 bits per heavy atom. The molecule has 1 aromatic carbocycles. The van der Waals surface area contributed by atoms with Crippen LogP contribution in [0.5, 0.6) is 0 Å². The zero-order chi connectivity index (χ0) is 21.5. The summed E-state index contributed by atoms with van der Waals surface area (Å²) in [5.74, 6) is -1.82. The van der Waals surface area contributed by atoms with Gasteiger partial charge in [-0.15, -0.1) is 0 Å². The summed E-state index contributed by atoms with van der Waals surface area (Å²) >= 11 is 0. The van der Waals surface area contributed by atoms with E-state index in [9.17, 15) is 14.4 Å². The summed E-state index contributed by atoms with van der Waals surface area (Å²) in [6, 6.07) is 9.68. The number of carbonyl (C=O) groups is 3. The maximum Gasteiger partial charge on any atom is 0.341 e. The normalized spacial score (nSPS) is 10.5. The number of hydrogen-bond acceptors (Lipinski definition) is 6. The number of carbonyl (C=O) groups excluding carboxylic acids is 3. The van der Waals surface area contributed by atoms with Gasteiger partial charge < -0.3 is 14.6 Å². The van der Waals surface area contributed by atoms with Crippen LogP contribution in [-0.4, -0.2) is 36.2 Å². The Kier molecular flexibility index (Phi) is 12.3. The second kappa shape index (κ2) is 13.9. The summed E-state index contributed by atoms with van der Waals surface area (Å²) in [5.41, 5.74) is 1.92. The van der Waals surface area contributed by atoms with E-state index in [1.54, 1.807) is 26.0 Å². The summed E-state index contributed by atoms with van der Waals surface area (Å²) in [5, 5.41) is 8.19. The fourth-order valence-electron chi connectivity index (χ4n) is 1.45. The minimum atomic E-state index is -0.704. The predicted octanol–water partition coefficient (Wildman–Crippen LogP) is 3.39. The van der Waals surface area contributed by atoms with E-state index in [2.05, 4.69) is 22.6 Å². The van der Waals surface area contributed by atoms with Crippen molar-refractivity contribution in [1.82, 2.24) is 0 Å². The molecule has 0 aliphatic heterocycles. The van der Waals surface area contributed by atoms with Gasteiger partial charge in [0.05, 0.1) is 6.61 Å². The predicted molar refractivity (Wildman–Crippen MR) is 108 cm³/mol. The van der Waals surface area contributed by atoms with E-state index >= 15 is 0 Å². The van der Waals surface area contributed by atoms with Crippen LogP contribution < -0.4 is 0 Å². The molecule has 1 aromatic rings. The standard InChI is InChI=1S/C16H16O3.C6H10O3/c1-12(2)15(17)19-16(18)13(3)8-7-11-14-9-5-4-6-10-14;1-5(2)6(8)9-4-3-7/h4-11H,1H2,2-3H3;7H,1,3-4H2,2H3. The lowest BCUT2D eigenvalue weighted by Gasteiger charge is -2.01. The molecule has 0 bridgehead atoms. The topological polar surface area (TPSA) is 89.9 Å². The summed E-state index contributed by atoms with van der Waals surface area (Å²) in [4.78, 5) is 33.1. The Balaban J connectivity index is 0.000000684. The van der Waals surface area contributed by atoms with Gasteiger partial charge >= 0.3 is 17.9 Å². The molecule has 0 saturated carbocycles. The van der Waals surface area contributed by atoms with Crippen molar-refractivity contribution in [2.45, 2.75) is 20.8 Å². The van der Waals surface area contributed by atoms with Crippen LogP contribution in [0.25, 0.3) is 6.08 Å². The van der Waals surface area contributed by atoms with Crippen LogP contribution >= 0.6 is 0 Å². The first kappa shape index (κ1) is 24.8. The lowest BCUT2D eigenvalue weighted by Crippen LogP contribution is -2.13. The van der Waals surface area contributed by atoms with Crippen LogP contribution in [0, 0.1) is 0 Å². The number of esters is 3. The second-order valence-electron chi connectivity index (χ2n) is 5.72. The molecule has 150 valence electrons. The van der Waals surface area contributed by atoms with Gasteiger partial charge in [-0.05, 0) is 26.3 Å². The molecule has 0 atom stereocenters. The van der Waals surface area contributed by atoms with Crippen LogP contribution in [0.3, 0.4) is 0 Å². The zero-order valence-electron chi connectivity index (χ0n) is 16.4. The van der Waals surface area contributed by atoms with Gasteiger partial charge in [-0.1, -0.05) is 61.7 Å². The van der Waals surface area contributed by atoms with E-state index in [0.717, 1.165) is 5.56 Å². The molecule has 0 aromatic heterocycles. The fraction of sp³-hybridized carbons (Fsp3) is 0.227. The van der Waals surface area contributed by atoms with Gasteiger partial charge in [0, 0.05) is 16.7 Å². The van der Waals surface area contributed by atoms with Gasteiger partial charge in [0.1, 0.15) is 6.61 Å². The molecule has 0 unspecified atom stereocenters. The minimum absolute atomic E-state index is 0.0473. The van der Waals surface area contributed by atoms with Gasteiger partial charge in [0.2, 0.25) is 0 Å². The van der Waals surface area contributed by atoms with Gasteiger partial charge in [-0.3, -0.25) is 0 Å². The third-order valence-corrected chi connectivity index (χ3v) is 2.96. The Labute approximate surface area is 165 Å². The van der Waals surface area contributed by atoms with Crippen LogP contribution in [0.1, 0.15) is 26.3 Å². The number of allylic oxidation sites excluding steroid dienone is 2. The number of hydrogen-bond donors (Lipinski definition) is 1. The molecule has 0 heterocycles. The number of benzene rings is 1. The average Bonchev–Trinajstić information content (AvgIpc) is 2.66. The minimum Gasteiger partial charge on any atom is -0.460 e. The first-order valence-electron chi connectivity index (χ1n) is 8.44. The molecule has 6 heteroatoms. The largest absolute Gasteiger partial charge is 0.460 e. The summed E-state index contributed by atoms with van der Waals surface area (Å²) in [7, 11) is 0. The van der Waals surface area contributed by atoms with Crippen molar-refractivity contribution >= 4 is 24.0 Å². The van der Waals surface area contributed by atoms with Crippen LogP contribution in [0.15, 0.2) is 72.4 Å². The SMILES string of the molecule is C=C(C)C(=O)OC(=O)C(C)=CC=Cc1ccccc1.C=C(C)C(=O)OCCO. The van der Waals surface area contributed by atoms with Crippen molar-refractivity contribution < 1.29 is 29.0 Å². The van der Waals surface area contributed by atoms with E-state index in [4.69, 9.17) is 5.11 Å². The molecular formula is C22H26O6. The lowest BCUT2D eigenvalue weighted by molar-refractivity contribution is -0.154. The molecule has 0 aliphatic rings. The number of rotatable bonds is 7. The van der Waals surface area contributed by atoms with Crippen molar-refractivity contribution in [3.63, 3.8) is 0 Å². The Bertz CT molecular complexity index is 756. The zero-order valence-corrected chi connectivity index (χ0v) is 16.4. The van der Waals surface area contributed by atoms with Gasteiger partial charge in [0.15, 0.2) is 0 Å². The highest BCUT2D eigenvalue weighted by Crippen LogP contribution is 2.04. The highest BCUT2D eigenvalue weighted by atomic mass is 16.6. The van der Waals surface area contributed by atoms with E-state index in [1.807, 2.05) is 36.4 Å². The van der Waals surface area contributed by atoms with Crippen LogP contribution in [-0.2, 0) is 23.9 Å². The van der Waals surface area contributed by atoms with Gasteiger partial charge in [-0.2, -0.15) is 0 Å². The van der Waals surface area contributed by atoms with E-state index in [1.165, 1.54) is 6.92 Å². The van der Waals surface area contributed by atoms with Gasteiger partial charge in [0.25, 0.3) is 0 Å². The highest BCUT2D eigenvalue weighted by molar-refractivity contribution is 6.01. The molecule has 0 amide bonds. The van der Waals surface area contributed by atoms with Crippen molar-refractivity contribution in [2.24, 2.45) is 0 Å².